The van der Waals surface area contributed by atoms with Crippen molar-refractivity contribution in [2.45, 2.75) is 37.8 Å². The Bertz CT molecular complexity index is 628. The minimum atomic E-state index is -0.742. The number of rotatable bonds is 5. The number of nitrogens with zero attached hydrogens (tertiary/aromatic N) is 1. The fraction of sp³-hybridized carbons (Fsp3) is 0.562. The summed E-state index contributed by atoms with van der Waals surface area (Å²) >= 11 is 0. The molecule has 6 heteroatoms. The monoisotopic (exact) mass is 302 g/mol. The molecular formula is C16H18N2O4. The van der Waals surface area contributed by atoms with E-state index in [1.165, 1.54) is 0 Å². The third kappa shape index (κ3) is 2.53. The molecule has 3 aliphatic carbocycles. The number of aliphatic carboxylic acids is 1. The summed E-state index contributed by atoms with van der Waals surface area (Å²) in [5, 5.41) is 12.1. The van der Waals surface area contributed by atoms with Crippen LogP contribution in [0, 0.1) is 17.8 Å². The van der Waals surface area contributed by atoms with Crippen LogP contribution in [0.25, 0.3) is 0 Å². The summed E-state index contributed by atoms with van der Waals surface area (Å²) in [6.45, 7) is 0. The van der Waals surface area contributed by atoms with Crippen LogP contribution in [0.4, 0.5) is 0 Å². The fourth-order valence-corrected chi connectivity index (χ4v) is 3.46. The Balaban J connectivity index is 1.41. The van der Waals surface area contributed by atoms with Gasteiger partial charge in [0.15, 0.2) is 0 Å². The average molecular weight is 302 g/mol. The Morgan fingerprint density at radius 2 is 2.09 bits per heavy atom. The third-order valence-corrected chi connectivity index (χ3v) is 4.88. The van der Waals surface area contributed by atoms with E-state index in [1.807, 2.05) is 0 Å². The largest absolute Gasteiger partial charge is 0.481 e. The quantitative estimate of drug-likeness (QED) is 0.859. The van der Waals surface area contributed by atoms with Gasteiger partial charge in [-0.25, -0.2) is 4.98 Å². The first-order chi connectivity index (χ1) is 10.6. The highest BCUT2D eigenvalue weighted by Gasteiger charge is 2.57. The molecule has 0 saturated heterocycles. The van der Waals surface area contributed by atoms with Crippen LogP contribution < -0.4 is 10.1 Å². The fourth-order valence-electron chi connectivity index (χ4n) is 3.46. The molecule has 1 amide bonds. The lowest BCUT2D eigenvalue weighted by Crippen LogP contribution is -2.36. The maximum absolute atomic E-state index is 12.4. The Hall–Kier alpha value is -2.11. The van der Waals surface area contributed by atoms with Gasteiger partial charge in [0.1, 0.15) is 6.10 Å². The average Bonchev–Trinajstić information content (AvgIpc) is 3.40. The van der Waals surface area contributed by atoms with Crippen LogP contribution in [0.1, 0.15) is 36.0 Å². The number of carbonyl (C=O) groups excluding carboxylic acids is 1. The van der Waals surface area contributed by atoms with Crippen LogP contribution in [0.15, 0.2) is 18.3 Å². The molecule has 1 aromatic heterocycles. The number of carbonyl (C=O) groups is 2. The van der Waals surface area contributed by atoms with E-state index in [2.05, 4.69) is 10.3 Å². The predicted octanol–water partition coefficient (Wildman–Crippen LogP) is 1.46. The first-order valence-corrected chi connectivity index (χ1v) is 7.78. The lowest BCUT2D eigenvalue weighted by Gasteiger charge is -2.16. The van der Waals surface area contributed by atoms with E-state index in [9.17, 15) is 9.59 Å². The highest BCUT2D eigenvalue weighted by Crippen LogP contribution is 2.55. The van der Waals surface area contributed by atoms with Gasteiger partial charge in [-0.15, -0.1) is 0 Å². The van der Waals surface area contributed by atoms with Crippen LogP contribution in [-0.2, 0) is 4.79 Å². The smallest absolute Gasteiger partial charge is 0.306 e. The Kier molecular flexibility index (Phi) is 3.06. The molecule has 0 radical (unpaired) electrons. The number of amides is 1. The van der Waals surface area contributed by atoms with Gasteiger partial charge in [-0.2, -0.15) is 0 Å². The predicted molar refractivity (Wildman–Crippen MR) is 76.5 cm³/mol. The molecule has 116 valence electrons. The first-order valence-electron chi connectivity index (χ1n) is 7.78. The molecule has 0 unspecified atom stereocenters. The lowest BCUT2D eigenvalue weighted by atomic mass is 10.0. The van der Waals surface area contributed by atoms with Crippen LogP contribution in [0.5, 0.6) is 5.88 Å². The third-order valence-electron chi connectivity index (χ3n) is 4.88. The van der Waals surface area contributed by atoms with Gasteiger partial charge in [0.2, 0.25) is 5.88 Å². The number of carboxylic acid groups (broad SMARTS) is 1. The molecule has 4 atom stereocenters. The summed E-state index contributed by atoms with van der Waals surface area (Å²) in [4.78, 5) is 27.6. The molecule has 3 saturated carbocycles. The van der Waals surface area contributed by atoms with Gasteiger partial charge in [-0.1, -0.05) is 0 Å². The zero-order valence-electron chi connectivity index (χ0n) is 12.1. The second-order valence-corrected chi connectivity index (χ2v) is 6.52. The number of hydrogen-bond donors (Lipinski definition) is 2. The minimum absolute atomic E-state index is 0.0282. The van der Waals surface area contributed by atoms with Crippen LogP contribution in [-0.4, -0.2) is 34.1 Å². The topological polar surface area (TPSA) is 88.5 Å². The standard InChI is InChI=1S/C16H18N2O4/c19-15(8-3-4-17-14(5-8)22-9-1-2-9)18-13-7-12(16(20)21)10-6-11(10)13/h3-5,9-13H,1-2,6-7H2,(H,18,19)(H,20,21)/t10-,11+,12-,13+/m1/s1. The maximum atomic E-state index is 12.4. The van der Waals surface area contributed by atoms with Gasteiger partial charge < -0.3 is 15.2 Å². The number of aromatic nitrogens is 1. The van der Waals surface area contributed by atoms with Gasteiger partial charge in [0.25, 0.3) is 5.91 Å². The zero-order valence-corrected chi connectivity index (χ0v) is 12.1. The molecule has 1 aromatic rings. The van der Waals surface area contributed by atoms with E-state index in [0.717, 1.165) is 19.3 Å². The summed E-state index contributed by atoms with van der Waals surface area (Å²) in [6, 6.07) is 3.28. The highest BCUT2D eigenvalue weighted by molar-refractivity contribution is 5.94. The summed E-state index contributed by atoms with van der Waals surface area (Å²) in [7, 11) is 0. The van der Waals surface area contributed by atoms with E-state index in [0.29, 0.717) is 23.8 Å². The minimum Gasteiger partial charge on any atom is -0.481 e. The summed E-state index contributed by atoms with van der Waals surface area (Å²) in [6.07, 6.45) is 5.34. The zero-order chi connectivity index (χ0) is 15.3. The van der Waals surface area contributed by atoms with Gasteiger partial charge in [0.05, 0.1) is 5.92 Å². The molecule has 0 aromatic carbocycles. The van der Waals surface area contributed by atoms with Gasteiger partial charge >= 0.3 is 5.97 Å². The van der Waals surface area contributed by atoms with Crippen LogP contribution in [0.3, 0.4) is 0 Å². The molecule has 3 aliphatic rings. The molecule has 6 nitrogen and oxygen atoms in total. The van der Waals surface area contributed by atoms with Crippen molar-refractivity contribution in [2.24, 2.45) is 17.8 Å². The number of ether oxygens (including phenoxy) is 1. The van der Waals surface area contributed by atoms with Crippen molar-refractivity contribution < 1.29 is 19.4 Å². The van der Waals surface area contributed by atoms with E-state index in [4.69, 9.17) is 9.84 Å². The SMILES string of the molecule is O=C(N[C@H]1C[C@@H](C(=O)O)[C@@H]2C[C@@H]21)c1ccnc(OC2CC2)c1. The summed E-state index contributed by atoms with van der Waals surface area (Å²) in [5.41, 5.74) is 0.515. The highest BCUT2D eigenvalue weighted by atomic mass is 16.5. The first kappa shape index (κ1) is 13.5. The molecule has 2 N–H and O–H groups in total. The molecule has 1 heterocycles. The lowest BCUT2D eigenvalue weighted by molar-refractivity contribution is -0.142. The number of pyridine rings is 1. The maximum Gasteiger partial charge on any atom is 0.306 e. The van der Waals surface area contributed by atoms with Crippen molar-refractivity contribution in [3.63, 3.8) is 0 Å². The van der Waals surface area contributed by atoms with Crippen molar-refractivity contribution in [2.75, 3.05) is 0 Å². The summed E-state index contributed by atoms with van der Waals surface area (Å²) in [5.74, 6) is -0.170. The van der Waals surface area contributed by atoms with Crippen molar-refractivity contribution in [1.29, 1.82) is 0 Å². The van der Waals surface area contributed by atoms with E-state index in [1.54, 1.807) is 18.3 Å². The molecule has 0 aliphatic heterocycles. The Morgan fingerprint density at radius 3 is 2.77 bits per heavy atom. The van der Waals surface area contributed by atoms with Gasteiger partial charge in [0, 0.05) is 23.9 Å². The normalized spacial score (nSPS) is 32.2. The van der Waals surface area contributed by atoms with Crippen molar-refractivity contribution >= 4 is 11.9 Å². The van der Waals surface area contributed by atoms with Crippen molar-refractivity contribution in [3.8, 4) is 5.88 Å². The number of hydrogen-bond acceptors (Lipinski definition) is 4. The molecule has 3 fully saturated rings. The second kappa shape index (κ2) is 4.97. The molecule has 22 heavy (non-hydrogen) atoms. The Morgan fingerprint density at radius 1 is 1.27 bits per heavy atom. The second-order valence-electron chi connectivity index (χ2n) is 6.52. The van der Waals surface area contributed by atoms with E-state index < -0.39 is 5.97 Å². The van der Waals surface area contributed by atoms with Crippen LogP contribution in [0.2, 0.25) is 0 Å². The van der Waals surface area contributed by atoms with Crippen LogP contribution >= 0.6 is 0 Å². The molecule has 0 bridgehead atoms. The van der Waals surface area contributed by atoms with Crippen molar-refractivity contribution in [3.05, 3.63) is 23.9 Å². The van der Waals surface area contributed by atoms with E-state index in [-0.39, 0.29) is 29.9 Å². The molecule has 0 spiro atoms. The number of carboxylic acids is 1. The number of fused-ring (bicyclic) bond motifs is 1. The molecule has 4 rings (SSSR count). The van der Waals surface area contributed by atoms with Gasteiger partial charge in [-0.05, 0) is 43.6 Å². The number of nitrogens with one attached hydrogen (secondary N) is 1. The molecular weight excluding hydrogens is 284 g/mol. The Labute approximate surface area is 127 Å². The van der Waals surface area contributed by atoms with Crippen molar-refractivity contribution in [1.82, 2.24) is 10.3 Å². The summed E-state index contributed by atoms with van der Waals surface area (Å²) < 4.78 is 5.60. The van der Waals surface area contributed by atoms with Gasteiger partial charge in [-0.3, -0.25) is 9.59 Å². The van der Waals surface area contributed by atoms with E-state index >= 15 is 0 Å².